The molecule has 0 aliphatic rings. The summed E-state index contributed by atoms with van der Waals surface area (Å²) in [6.45, 7) is 4.87. The molecule has 0 bridgehead atoms. The summed E-state index contributed by atoms with van der Waals surface area (Å²) in [5, 5.41) is 4.41. The van der Waals surface area contributed by atoms with Crippen LogP contribution in [0.1, 0.15) is 25.3 Å². The fraction of sp³-hybridized carbons (Fsp3) is 0.318. The molecular weight excluding hydrogens is 422 g/mol. The minimum atomic E-state index is -0.179. The average molecular weight is 446 g/mol. The van der Waals surface area contributed by atoms with E-state index in [0.29, 0.717) is 40.2 Å². The topological polar surface area (TPSA) is 73.2 Å². The van der Waals surface area contributed by atoms with Crippen molar-refractivity contribution in [3.05, 3.63) is 63.4 Å². The lowest BCUT2D eigenvalue weighted by Gasteiger charge is -2.15. The lowest BCUT2D eigenvalue weighted by Crippen LogP contribution is -2.26. The lowest BCUT2D eigenvalue weighted by molar-refractivity contribution is -0.113. The predicted octanol–water partition coefficient (Wildman–Crippen LogP) is 4.55. The standard InChI is InChI=1S/C22H24ClN3O3S/c1-14(2)16-6-4-5-7-18(16)24-20(27)13-30-22-25-19-12-15(23)8-9-17(19)21(28)26(22)10-11-29-3/h4-9,12,14H,10-11,13H2,1-3H3,(H,24,27). The molecule has 158 valence electrons. The zero-order valence-corrected chi connectivity index (χ0v) is 18.7. The molecule has 0 aliphatic carbocycles. The third-order valence-corrected chi connectivity index (χ3v) is 5.80. The molecular formula is C22H24ClN3O3S. The number of benzene rings is 2. The van der Waals surface area contributed by atoms with Gasteiger partial charge in [0.2, 0.25) is 5.91 Å². The number of hydrogen-bond donors (Lipinski definition) is 1. The Kier molecular flexibility index (Phi) is 7.53. The molecule has 0 fully saturated rings. The Bertz CT molecular complexity index is 1110. The number of methoxy groups -OCH3 is 1. The third kappa shape index (κ3) is 5.22. The van der Waals surface area contributed by atoms with Crippen molar-refractivity contribution >= 4 is 45.9 Å². The van der Waals surface area contributed by atoms with E-state index in [4.69, 9.17) is 16.3 Å². The first kappa shape index (κ1) is 22.3. The van der Waals surface area contributed by atoms with Gasteiger partial charge in [-0.1, -0.05) is 55.4 Å². The molecule has 1 amide bonds. The fourth-order valence-corrected chi connectivity index (χ4v) is 4.09. The van der Waals surface area contributed by atoms with Gasteiger partial charge in [-0.3, -0.25) is 14.2 Å². The Balaban J connectivity index is 1.84. The van der Waals surface area contributed by atoms with E-state index in [0.717, 1.165) is 11.3 Å². The van der Waals surface area contributed by atoms with Crippen molar-refractivity contribution in [3.8, 4) is 0 Å². The summed E-state index contributed by atoms with van der Waals surface area (Å²) in [5.74, 6) is 0.255. The van der Waals surface area contributed by atoms with Crippen molar-refractivity contribution < 1.29 is 9.53 Å². The van der Waals surface area contributed by atoms with E-state index in [9.17, 15) is 9.59 Å². The van der Waals surface area contributed by atoms with Crippen LogP contribution in [-0.2, 0) is 16.1 Å². The number of rotatable bonds is 8. The molecule has 0 atom stereocenters. The maximum atomic E-state index is 12.9. The van der Waals surface area contributed by atoms with E-state index < -0.39 is 0 Å². The van der Waals surface area contributed by atoms with Gasteiger partial charge in [-0.2, -0.15) is 0 Å². The second-order valence-corrected chi connectivity index (χ2v) is 8.46. The van der Waals surface area contributed by atoms with Crippen LogP contribution in [0, 0.1) is 0 Å². The fourth-order valence-electron chi connectivity index (χ4n) is 3.09. The summed E-state index contributed by atoms with van der Waals surface area (Å²) in [7, 11) is 1.58. The highest BCUT2D eigenvalue weighted by Gasteiger charge is 2.15. The Hall–Kier alpha value is -2.35. The number of fused-ring (bicyclic) bond motifs is 1. The largest absolute Gasteiger partial charge is 0.383 e. The number of amides is 1. The predicted molar refractivity (Wildman–Crippen MR) is 123 cm³/mol. The van der Waals surface area contributed by atoms with Gasteiger partial charge in [0.25, 0.3) is 5.56 Å². The van der Waals surface area contributed by atoms with Crippen LogP contribution < -0.4 is 10.9 Å². The number of anilines is 1. The van der Waals surface area contributed by atoms with Gasteiger partial charge in [0.05, 0.1) is 29.8 Å². The normalized spacial score (nSPS) is 11.2. The van der Waals surface area contributed by atoms with Crippen molar-refractivity contribution in [1.82, 2.24) is 9.55 Å². The molecule has 6 nitrogen and oxygen atoms in total. The van der Waals surface area contributed by atoms with Crippen molar-refractivity contribution in [1.29, 1.82) is 0 Å². The van der Waals surface area contributed by atoms with Crippen LogP contribution in [0.15, 0.2) is 52.4 Å². The summed E-state index contributed by atoms with van der Waals surface area (Å²) >= 11 is 7.28. The molecule has 0 unspecified atom stereocenters. The van der Waals surface area contributed by atoms with Gasteiger partial charge in [0.15, 0.2) is 5.16 Å². The monoisotopic (exact) mass is 445 g/mol. The highest BCUT2D eigenvalue weighted by molar-refractivity contribution is 7.99. The summed E-state index contributed by atoms with van der Waals surface area (Å²) in [5.41, 5.74) is 2.20. The molecule has 1 heterocycles. The lowest BCUT2D eigenvalue weighted by atomic mass is 10.0. The zero-order valence-electron chi connectivity index (χ0n) is 17.1. The minimum Gasteiger partial charge on any atom is -0.383 e. The Labute approximate surface area is 184 Å². The Morgan fingerprint density at radius 3 is 2.77 bits per heavy atom. The average Bonchev–Trinajstić information content (AvgIpc) is 2.71. The highest BCUT2D eigenvalue weighted by Crippen LogP contribution is 2.25. The summed E-state index contributed by atoms with van der Waals surface area (Å²) in [4.78, 5) is 30.1. The molecule has 0 saturated carbocycles. The first-order valence-electron chi connectivity index (χ1n) is 9.61. The maximum Gasteiger partial charge on any atom is 0.262 e. The first-order chi connectivity index (χ1) is 14.4. The number of carbonyl (C=O) groups excluding carboxylic acids is 1. The summed E-state index contributed by atoms with van der Waals surface area (Å²) in [6.07, 6.45) is 0. The van der Waals surface area contributed by atoms with E-state index in [1.807, 2.05) is 24.3 Å². The number of carbonyl (C=O) groups is 1. The van der Waals surface area contributed by atoms with E-state index >= 15 is 0 Å². The summed E-state index contributed by atoms with van der Waals surface area (Å²) in [6, 6.07) is 12.7. The third-order valence-electron chi connectivity index (χ3n) is 4.59. The molecule has 1 N–H and O–H groups in total. The number of halogens is 1. The number of hydrogen-bond acceptors (Lipinski definition) is 5. The van der Waals surface area contributed by atoms with Gasteiger partial charge in [-0.25, -0.2) is 4.98 Å². The first-order valence-corrected chi connectivity index (χ1v) is 11.0. The number of ether oxygens (including phenoxy) is 1. The maximum absolute atomic E-state index is 12.9. The number of para-hydroxylation sites is 1. The van der Waals surface area contributed by atoms with Crippen LogP contribution in [0.4, 0.5) is 5.69 Å². The van der Waals surface area contributed by atoms with Gasteiger partial charge in [0.1, 0.15) is 0 Å². The molecule has 1 aromatic heterocycles. The van der Waals surface area contributed by atoms with E-state index in [1.165, 1.54) is 11.8 Å². The molecule has 0 spiro atoms. The number of nitrogens with one attached hydrogen (secondary N) is 1. The second-order valence-electron chi connectivity index (χ2n) is 7.08. The Morgan fingerprint density at radius 2 is 2.03 bits per heavy atom. The second kappa shape index (κ2) is 10.1. The SMILES string of the molecule is COCCn1c(SCC(=O)Nc2ccccc2C(C)C)nc2cc(Cl)ccc2c1=O. The number of nitrogens with zero attached hydrogens (tertiary/aromatic N) is 2. The van der Waals surface area contributed by atoms with Crippen LogP contribution in [0.25, 0.3) is 10.9 Å². The minimum absolute atomic E-state index is 0.123. The van der Waals surface area contributed by atoms with Gasteiger partial charge in [0, 0.05) is 17.8 Å². The number of aromatic nitrogens is 2. The van der Waals surface area contributed by atoms with Crippen LogP contribution in [0.3, 0.4) is 0 Å². The van der Waals surface area contributed by atoms with Crippen molar-refractivity contribution in [2.45, 2.75) is 31.5 Å². The van der Waals surface area contributed by atoms with Crippen LogP contribution in [-0.4, -0.2) is 34.9 Å². The molecule has 0 aliphatic heterocycles. The molecule has 30 heavy (non-hydrogen) atoms. The van der Waals surface area contributed by atoms with Crippen LogP contribution >= 0.6 is 23.4 Å². The van der Waals surface area contributed by atoms with Gasteiger partial charge < -0.3 is 10.1 Å². The van der Waals surface area contributed by atoms with Crippen LogP contribution in [0.5, 0.6) is 0 Å². The molecule has 0 radical (unpaired) electrons. The quantitative estimate of drug-likeness (QED) is 0.406. The van der Waals surface area contributed by atoms with Crippen molar-refractivity contribution in [3.63, 3.8) is 0 Å². The molecule has 3 rings (SSSR count). The van der Waals surface area contributed by atoms with E-state index in [1.54, 1.807) is 29.9 Å². The van der Waals surface area contributed by atoms with Gasteiger partial charge in [-0.05, 0) is 35.7 Å². The van der Waals surface area contributed by atoms with E-state index in [-0.39, 0.29) is 17.2 Å². The van der Waals surface area contributed by atoms with Gasteiger partial charge in [-0.15, -0.1) is 0 Å². The smallest absolute Gasteiger partial charge is 0.262 e. The van der Waals surface area contributed by atoms with Crippen LogP contribution in [0.2, 0.25) is 5.02 Å². The Morgan fingerprint density at radius 1 is 1.27 bits per heavy atom. The van der Waals surface area contributed by atoms with Crippen molar-refractivity contribution in [2.75, 3.05) is 24.8 Å². The molecule has 8 heteroatoms. The van der Waals surface area contributed by atoms with E-state index in [2.05, 4.69) is 24.1 Å². The van der Waals surface area contributed by atoms with Crippen molar-refractivity contribution in [2.24, 2.45) is 0 Å². The highest BCUT2D eigenvalue weighted by atomic mass is 35.5. The number of thioether (sulfide) groups is 1. The van der Waals surface area contributed by atoms with Gasteiger partial charge >= 0.3 is 0 Å². The molecule has 3 aromatic rings. The zero-order chi connectivity index (χ0) is 21.7. The molecule has 2 aromatic carbocycles. The summed E-state index contributed by atoms with van der Waals surface area (Å²) < 4.78 is 6.67. The molecule has 0 saturated heterocycles.